The molecule has 0 bridgehead atoms. The van der Waals surface area contributed by atoms with E-state index in [1.165, 1.54) is 5.56 Å². The normalized spacial score (nSPS) is 8.83. The molecule has 2 aromatic rings. The first-order valence-corrected chi connectivity index (χ1v) is 5.66. The Balaban J connectivity index is 0.000000225. The zero-order valence-electron chi connectivity index (χ0n) is 10.8. The summed E-state index contributed by atoms with van der Waals surface area (Å²) in [6.07, 6.45) is 5.06. The Morgan fingerprint density at radius 3 is 1.89 bits per heavy atom. The summed E-state index contributed by atoms with van der Waals surface area (Å²) in [5.41, 5.74) is 3.98. The lowest BCUT2D eigenvalue weighted by molar-refractivity contribution is 0.565. The van der Waals surface area contributed by atoms with Gasteiger partial charge in [0.15, 0.2) is 0 Å². The van der Waals surface area contributed by atoms with Gasteiger partial charge in [0.2, 0.25) is 6.08 Å². The van der Waals surface area contributed by atoms with Crippen LogP contribution in [0.15, 0.2) is 47.7 Å². The molecule has 0 N–H and O–H groups in total. The summed E-state index contributed by atoms with van der Waals surface area (Å²) in [5.74, 6) is 0. The van der Waals surface area contributed by atoms with Gasteiger partial charge in [-0.15, -0.1) is 0 Å². The van der Waals surface area contributed by atoms with Crippen molar-refractivity contribution in [3.8, 4) is 0 Å². The second-order valence-corrected chi connectivity index (χ2v) is 3.97. The second-order valence-electron chi connectivity index (χ2n) is 3.97. The van der Waals surface area contributed by atoms with Crippen LogP contribution in [0.4, 0.5) is 5.69 Å². The topological polar surface area (TPSA) is 42.3 Å². The van der Waals surface area contributed by atoms with Crippen molar-refractivity contribution in [3.05, 3.63) is 59.4 Å². The van der Waals surface area contributed by atoms with E-state index in [4.69, 9.17) is 0 Å². The van der Waals surface area contributed by atoms with Crippen LogP contribution < -0.4 is 0 Å². The van der Waals surface area contributed by atoms with Gasteiger partial charge in [-0.05, 0) is 44.0 Å². The van der Waals surface area contributed by atoms with E-state index in [0.29, 0.717) is 0 Å². The fourth-order valence-electron chi connectivity index (χ4n) is 1.71. The van der Waals surface area contributed by atoms with Crippen molar-refractivity contribution in [2.24, 2.45) is 4.99 Å². The highest BCUT2D eigenvalue weighted by molar-refractivity contribution is 5.58. The molecule has 0 saturated carbocycles. The molecule has 1 aromatic carbocycles. The quantitative estimate of drug-likeness (QED) is 0.564. The van der Waals surface area contributed by atoms with Gasteiger partial charge in [-0.3, -0.25) is 4.98 Å². The largest absolute Gasteiger partial charge is 0.265 e. The number of hydrogen-bond donors (Lipinski definition) is 0. The van der Waals surface area contributed by atoms with Crippen LogP contribution in [-0.4, -0.2) is 11.1 Å². The molecule has 0 saturated heterocycles. The van der Waals surface area contributed by atoms with Crippen molar-refractivity contribution >= 4 is 11.8 Å². The fraction of sp³-hybridized carbons (Fsp3) is 0.200. The summed E-state index contributed by atoms with van der Waals surface area (Å²) < 4.78 is 0. The molecule has 0 atom stereocenters. The minimum absolute atomic E-state index is 0.746. The molecule has 0 amide bonds. The Morgan fingerprint density at radius 2 is 1.56 bits per heavy atom. The van der Waals surface area contributed by atoms with Crippen molar-refractivity contribution in [1.82, 2.24) is 4.98 Å². The minimum Gasteiger partial charge on any atom is -0.265 e. The molecule has 0 aliphatic rings. The molecule has 0 aliphatic heterocycles. The molecule has 2 rings (SSSR count). The zero-order chi connectivity index (χ0) is 13.4. The lowest BCUT2D eigenvalue weighted by atomic mass is 10.1. The van der Waals surface area contributed by atoms with E-state index in [1.54, 1.807) is 18.5 Å². The Hall–Kier alpha value is -2.25. The second kappa shape index (κ2) is 7.15. The first-order valence-electron chi connectivity index (χ1n) is 5.66. The number of aryl methyl sites for hydroxylation is 3. The molecular weight excluding hydrogens is 224 g/mol. The van der Waals surface area contributed by atoms with E-state index in [2.05, 4.69) is 9.98 Å². The summed E-state index contributed by atoms with van der Waals surface area (Å²) in [4.78, 5) is 17.5. The molecule has 0 aliphatic carbocycles. The van der Waals surface area contributed by atoms with Crippen molar-refractivity contribution in [2.75, 3.05) is 0 Å². The number of aromatic nitrogens is 1. The number of pyridine rings is 1. The summed E-state index contributed by atoms with van der Waals surface area (Å²) in [6, 6.07) is 9.72. The third-order valence-electron chi connectivity index (χ3n) is 2.36. The molecule has 3 nitrogen and oxygen atoms in total. The minimum atomic E-state index is 0.746. The molecule has 1 heterocycles. The van der Waals surface area contributed by atoms with Crippen LogP contribution in [0, 0.1) is 20.8 Å². The predicted molar refractivity (Wildman–Crippen MR) is 72.7 cm³/mol. The van der Waals surface area contributed by atoms with Gasteiger partial charge in [0.05, 0.1) is 5.69 Å². The van der Waals surface area contributed by atoms with Crippen LogP contribution in [0.2, 0.25) is 0 Å². The molecule has 0 unspecified atom stereocenters. The van der Waals surface area contributed by atoms with Gasteiger partial charge < -0.3 is 0 Å². The number of hydrogen-bond acceptors (Lipinski definition) is 3. The first-order chi connectivity index (χ1) is 8.65. The summed E-state index contributed by atoms with van der Waals surface area (Å²) in [6.45, 7) is 5.90. The first kappa shape index (κ1) is 13.8. The molecule has 0 fully saturated rings. The van der Waals surface area contributed by atoms with E-state index in [0.717, 1.165) is 16.8 Å². The number of aliphatic imine (C=N–C) groups is 1. The number of benzene rings is 1. The van der Waals surface area contributed by atoms with Crippen LogP contribution >= 0.6 is 0 Å². The number of rotatable bonds is 1. The summed E-state index contributed by atoms with van der Waals surface area (Å²) >= 11 is 0. The van der Waals surface area contributed by atoms with Gasteiger partial charge in [0.25, 0.3) is 0 Å². The number of carbonyl (C=O) groups excluding carboxylic acids is 1. The Labute approximate surface area is 107 Å². The molecule has 0 radical (unpaired) electrons. The summed E-state index contributed by atoms with van der Waals surface area (Å²) in [5, 5.41) is 0. The average Bonchev–Trinajstić information content (AvgIpc) is 2.36. The van der Waals surface area contributed by atoms with Crippen molar-refractivity contribution in [3.63, 3.8) is 0 Å². The van der Waals surface area contributed by atoms with Gasteiger partial charge >= 0.3 is 0 Å². The maximum Gasteiger partial charge on any atom is 0.240 e. The van der Waals surface area contributed by atoms with E-state index in [1.807, 2.05) is 51.1 Å². The molecule has 92 valence electrons. The Kier molecular flexibility index (Phi) is 5.49. The maximum atomic E-state index is 10.1. The molecule has 3 heteroatoms. The Bertz CT molecular complexity index is 494. The third-order valence-corrected chi connectivity index (χ3v) is 2.36. The van der Waals surface area contributed by atoms with Gasteiger partial charge in [-0.25, -0.2) is 4.79 Å². The van der Waals surface area contributed by atoms with E-state index < -0.39 is 0 Å². The SMILES string of the molecule is Cc1cc(C)c(N=C=O)c(C)c1.c1ccncc1. The van der Waals surface area contributed by atoms with E-state index in [9.17, 15) is 4.79 Å². The predicted octanol–water partition coefficient (Wildman–Crippen LogP) is 3.66. The average molecular weight is 240 g/mol. The lowest BCUT2D eigenvalue weighted by Gasteiger charge is -2.03. The van der Waals surface area contributed by atoms with Crippen LogP contribution in [0.5, 0.6) is 0 Å². The summed E-state index contributed by atoms with van der Waals surface area (Å²) in [7, 11) is 0. The van der Waals surface area contributed by atoms with E-state index in [-0.39, 0.29) is 0 Å². The molecule has 1 aromatic heterocycles. The Morgan fingerprint density at radius 1 is 1.00 bits per heavy atom. The highest BCUT2D eigenvalue weighted by Gasteiger charge is 2.00. The third kappa shape index (κ3) is 4.32. The number of nitrogens with zero attached hydrogens (tertiary/aromatic N) is 2. The highest BCUT2D eigenvalue weighted by Crippen LogP contribution is 2.23. The van der Waals surface area contributed by atoms with Crippen molar-refractivity contribution in [1.29, 1.82) is 0 Å². The molecular formula is C15H16N2O. The van der Waals surface area contributed by atoms with Crippen LogP contribution in [0.1, 0.15) is 16.7 Å². The monoisotopic (exact) mass is 240 g/mol. The van der Waals surface area contributed by atoms with Crippen LogP contribution in [0.3, 0.4) is 0 Å². The van der Waals surface area contributed by atoms with Crippen molar-refractivity contribution < 1.29 is 4.79 Å². The van der Waals surface area contributed by atoms with E-state index >= 15 is 0 Å². The highest BCUT2D eigenvalue weighted by atomic mass is 16.1. The van der Waals surface area contributed by atoms with Crippen molar-refractivity contribution in [2.45, 2.75) is 20.8 Å². The number of isocyanates is 1. The van der Waals surface area contributed by atoms with Crippen LogP contribution in [-0.2, 0) is 4.79 Å². The zero-order valence-corrected chi connectivity index (χ0v) is 10.8. The molecule has 0 spiro atoms. The van der Waals surface area contributed by atoms with Gasteiger partial charge in [-0.1, -0.05) is 23.8 Å². The van der Waals surface area contributed by atoms with Gasteiger partial charge in [0.1, 0.15) is 0 Å². The fourth-order valence-corrected chi connectivity index (χ4v) is 1.71. The standard InChI is InChI=1S/C10H11NO.C5H5N/c1-7-4-8(2)10(11-6-12)9(3)5-7;1-2-4-6-5-3-1/h4-5H,1-3H3;1-5H. The molecule has 18 heavy (non-hydrogen) atoms. The van der Waals surface area contributed by atoms with Gasteiger partial charge in [0, 0.05) is 12.4 Å². The van der Waals surface area contributed by atoms with Crippen LogP contribution in [0.25, 0.3) is 0 Å². The smallest absolute Gasteiger partial charge is 0.240 e. The lowest BCUT2D eigenvalue weighted by Crippen LogP contribution is -1.82. The van der Waals surface area contributed by atoms with Gasteiger partial charge in [-0.2, -0.15) is 4.99 Å². The maximum absolute atomic E-state index is 10.1.